The highest BCUT2D eigenvalue weighted by molar-refractivity contribution is 5.30. The predicted molar refractivity (Wildman–Crippen MR) is 59.5 cm³/mol. The van der Waals surface area contributed by atoms with Crippen molar-refractivity contribution in [3.05, 3.63) is 35.4 Å². The Balaban J connectivity index is 2.12. The number of nitrogens with one attached hydrogen (secondary N) is 2. The minimum atomic E-state index is -2.29. The van der Waals surface area contributed by atoms with Crippen LogP contribution in [0.3, 0.4) is 0 Å². The second-order valence-electron chi connectivity index (χ2n) is 4.02. The molecule has 1 aromatic rings. The molecule has 2 nitrogen and oxygen atoms in total. The van der Waals surface area contributed by atoms with Crippen molar-refractivity contribution in [3.8, 4) is 0 Å². The molecule has 0 aromatic heterocycles. The highest BCUT2D eigenvalue weighted by Crippen LogP contribution is 2.23. The number of alkyl halides is 2. The Morgan fingerprint density at radius 3 is 3.00 bits per heavy atom. The molecule has 0 saturated carbocycles. The van der Waals surface area contributed by atoms with Gasteiger partial charge in [-0.1, -0.05) is 24.3 Å². The van der Waals surface area contributed by atoms with Gasteiger partial charge in [-0.3, -0.25) is 0 Å². The normalized spacial score (nSPS) is 20.6. The molecule has 1 atom stereocenters. The monoisotopic (exact) mass is 226 g/mol. The van der Waals surface area contributed by atoms with Crippen LogP contribution < -0.4 is 10.6 Å². The molecule has 4 heteroatoms. The third kappa shape index (κ3) is 2.77. The van der Waals surface area contributed by atoms with Crippen molar-refractivity contribution in [1.82, 2.24) is 10.6 Å². The Morgan fingerprint density at radius 2 is 2.19 bits per heavy atom. The smallest absolute Gasteiger partial charge is 0.250 e. The highest BCUT2D eigenvalue weighted by atomic mass is 19.3. The van der Waals surface area contributed by atoms with Gasteiger partial charge in [0.2, 0.25) is 0 Å². The summed E-state index contributed by atoms with van der Waals surface area (Å²) in [5.74, 6) is 0. The molecule has 0 fully saturated rings. The average molecular weight is 226 g/mol. The zero-order valence-corrected chi connectivity index (χ0v) is 9.05. The SMILES string of the molecule is FC(F)CNC1CCNCc2ccccc21. The van der Waals surface area contributed by atoms with Crippen LogP contribution in [0.4, 0.5) is 8.78 Å². The van der Waals surface area contributed by atoms with Crippen LogP contribution in [0.2, 0.25) is 0 Å². The van der Waals surface area contributed by atoms with Gasteiger partial charge in [-0.15, -0.1) is 0 Å². The van der Waals surface area contributed by atoms with Crippen LogP contribution in [0.15, 0.2) is 24.3 Å². The maximum atomic E-state index is 12.2. The summed E-state index contributed by atoms with van der Waals surface area (Å²) in [6, 6.07) is 8.05. The van der Waals surface area contributed by atoms with Gasteiger partial charge in [0.25, 0.3) is 6.43 Å². The van der Waals surface area contributed by atoms with Crippen molar-refractivity contribution >= 4 is 0 Å². The zero-order valence-electron chi connectivity index (χ0n) is 9.05. The summed E-state index contributed by atoms with van der Waals surface area (Å²) < 4.78 is 24.4. The molecule has 1 aliphatic rings. The minimum absolute atomic E-state index is 0.0419. The van der Waals surface area contributed by atoms with Crippen LogP contribution in [0.1, 0.15) is 23.6 Å². The third-order valence-electron chi connectivity index (χ3n) is 2.87. The maximum Gasteiger partial charge on any atom is 0.250 e. The van der Waals surface area contributed by atoms with E-state index in [1.165, 1.54) is 5.56 Å². The van der Waals surface area contributed by atoms with Gasteiger partial charge >= 0.3 is 0 Å². The number of rotatable bonds is 3. The van der Waals surface area contributed by atoms with Crippen molar-refractivity contribution in [2.75, 3.05) is 13.1 Å². The summed E-state index contributed by atoms with van der Waals surface area (Å²) >= 11 is 0. The lowest BCUT2D eigenvalue weighted by atomic mass is 9.99. The molecule has 1 heterocycles. The number of halogens is 2. The Bertz CT molecular complexity index is 342. The van der Waals surface area contributed by atoms with Crippen LogP contribution in [0, 0.1) is 0 Å². The van der Waals surface area contributed by atoms with Crippen LogP contribution >= 0.6 is 0 Å². The molecule has 0 aliphatic carbocycles. The average Bonchev–Trinajstić information content (AvgIpc) is 2.48. The summed E-state index contributed by atoms with van der Waals surface area (Å²) in [4.78, 5) is 0. The molecular weight excluding hydrogens is 210 g/mol. The van der Waals surface area contributed by atoms with E-state index in [1.54, 1.807) is 0 Å². The molecule has 1 aromatic carbocycles. The van der Waals surface area contributed by atoms with E-state index >= 15 is 0 Å². The minimum Gasteiger partial charge on any atom is -0.313 e. The van der Waals surface area contributed by atoms with E-state index in [2.05, 4.69) is 10.6 Å². The Kier molecular flexibility index (Phi) is 3.85. The third-order valence-corrected chi connectivity index (χ3v) is 2.87. The maximum absolute atomic E-state index is 12.2. The van der Waals surface area contributed by atoms with Gasteiger partial charge in [-0.25, -0.2) is 8.78 Å². The summed E-state index contributed by atoms with van der Waals surface area (Å²) in [7, 11) is 0. The van der Waals surface area contributed by atoms with Crippen LogP contribution in [-0.2, 0) is 6.54 Å². The highest BCUT2D eigenvalue weighted by Gasteiger charge is 2.18. The molecular formula is C12H16F2N2. The molecule has 0 amide bonds. The summed E-state index contributed by atoms with van der Waals surface area (Å²) in [6.45, 7) is 1.44. The van der Waals surface area contributed by atoms with Crippen molar-refractivity contribution in [3.63, 3.8) is 0 Å². The van der Waals surface area contributed by atoms with Gasteiger partial charge in [0, 0.05) is 12.6 Å². The molecule has 1 unspecified atom stereocenters. The fourth-order valence-electron chi connectivity index (χ4n) is 2.10. The number of fused-ring (bicyclic) bond motifs is 1. The first-order valence-electron chi connectivity index (χ1n) is 5.57. The molecule has 16 heavy (non-hydrogen) atoms. The molecule has 1 aliphatic heterocycles. The zero-order chi connectivity index (χ0) is 11.4. The molecule has 88 valence electrons. The lowest BCUT2D eigenvalue weighted by Crippen LogP contribution is -2.27. The van der Waals surface area contributed by atoms with Crippen molar-refractivity contribution in [1.29, 1.82) is 0 Å². The summed E-state index contributed by atoms with van der Waals surface area (Å²) in [5, 5.41) is 6.22. The Hall–Kier alpha value is -1.00. The quantitative estimate of drug-likeness (QED) is 0.824. The number of hydrogen-bond donors (Lipinski definition) is 2. The van der Waals surface area contributed by atoms with Crippen molar-refractivity contribution < 1.29 is 8.78 Å². The van der Waals surface area contributed by atoms with Crippen molar-refractivity contribution in [2.45, 2.75) is 25.4 Å². The van der Waals surface area contributed by atoms with Crippen LogP contribution in [0.5, 0.6) is 0 Å². The first-order valence-corrected chi connectivity index (χ1v) is 5.57. The molecule has 2 N–H and O–H groups in total. The first-order chi connectivity index (χ1) is 7.77. The molecule has 0 bridgehead atoms. The number of benzene rings is 1. The summed E-state index contributed by atoms with van der Waals surface area (Å²) in [6.07, 6.45) is -1.44. The largest absolute Gasteiger partial charge is 0.313 e. The van der Waals surface area contributed by atoms with Crippen molar-refractivity contribution in [2.24, 2.45) is 0 Å². The Labute approximate surface area is 94.0 Å². The van der Waals surface area contributed by atoms with E-state index < -0.39 is 6.43 Å². The summed E-state index contributed by atoms with van der Waals surface area (Å²) in [5.41, 5.74) is 2.35. The van der Waals surface area contributed by atoms with E-state index in [-0.39, 0.29) is 12.6 Å². The van der Waals surface area contributed by atoms with E-state index in [0.29, 0.717) is 0 Å². The van der Waals surface area contributed by atoms with E-state index in [0.717, 1.165) is 25.1 Å². The lowest BCUT2D eigenvalue weighted by molar-refractivity contribution is 0.140. The lowest BCUT2D eigenvalue weighted by Gasteiger charge is -2.18. The van der Waals surface area contributed by atoms with Gasteiger partial charge in [-0.2, -0.15) is 0 Å². The molecule has 2 rings (SSSR count). The van der Waals surface area contributed by atoms with Gasteiger partial charge < -0.3 is 10.6 Å². The topological polar surface area (TPSA) is 24.1 Å². The van der Waals surface area contributed by atoms with E-state index in [4.69, 9.17) is 0 Å². The fourth-order valence-corrected chi connectivity index (χ4v) is 2.10. The second-order valence-corrected chi connectivity index (χ2v) is 4.02. The Morgan fingerprint density at radius 1 is 1.38 bits per heavy atom. The van der Waals surface area contributed by atoms with Gasteiger partial charge in [0.05, 0.1) is 6.54 Å². The van der Waals surface area contributed by atoms with E-state index in [9.17, 15) is 8.78 Å². The molecule has 0 saturated heterocycles. The molecule has 0 radical (unpaired) electrons. The standard InChI is InChI=1S/C12H16F2N2/c13-12(14)8-16-11-5-6-15-7-9-3-1-2-4-10(9)11/h1-4,11-12,15-16H,5-8H2. The van der Waals surface area contributed by atoms with Crippen LogP contribution in [-0.4, -0.2) is 19.5 Å². The number of hydrogen-bond acceptors (Lipinski definition) is 2. The first kappa shape index (κ1) is 11.5. The van der Waals surface area contributed by atoms with Gasteiger partial charge in [0.15, 0.2) is 0 Å². The molecule has 0 spiro atoms. The fraction of sp³-hybridized carbons (Fsp3) is 0.500. The van der Waals surface area contributed by atoms with Crippen LogP contribution in [0.25, 0.3) is 0 Å². The van der Waals surface area contributed by atoms with Gasteiger partial charge in [-0.05, 0) is 24.1 Å². The predicted octanol–water partition coefficient (Wildman–Crippen LogP) is 2.08. The van der Waals surface area contributed by atoms with Gasteiger partial charge in [0.1, 0.15) is 0 Å². The second kappa shape index (κ2) is 5.37. The van der Waals surface area contributed by atoms with E-state index in [1.807, 2.05) is 24.3 Å².